The van der Waals surface area contributed by atoms with Gasteiger partial charge in [0.1, 0.15) is 6.33 Å². The second-order valence-electron chi connectivity index (χ2n) is 4.13. The van der Waals surface area contributed by atoms with Crippen LogP contribution in [-0.4, -0.2) is 31.8 Å². The molecule has 6 nitrogen and oxygen atoms in total. The Morgan fingerprint density at radius 3 is 2.85 bits per heavy atom. The highest BCUT2D eigenvalue weighted by atomic mass is 35.5. The first-order valence-electron chi connectivity index (χ1n) is 5.75. The van der Waals surface area contributed by atoms with Crippen molar-refractivity contribution in [2.45, 2.75) is 16.8 Å². The van der Waals surface area contributed by atoms with Crippen molar-refractivity contribution >= 4 is 35.0 Å². The number of carboxylic acid groups (broad SMARTS) is 1. The van der Waals surface area contributed by atoms with Crippen molar-refractivity contribution in [1.29, 1.82) is 0 Å². The van der Waals surface area contributed by atoms with Crippen molar-refractivity contribution in [1.82, 2.24) is 14.9 Å². The van der Waals surface area contributed by atoms with Crippen molar-refractivity contribution in [2.75, 3.05) is 0 Å². The minimum absolute atomic E-state index is 0.140. The molecule has 3 rings (SSSR count). The smallest absolute Gasteiger partial charge is 0.212 e. The molecule has 1 aromatic heterocycles. The van der Waals surface area contributed by atoms with Crippen LogP contribution in [0.25, 0.3) is 0 Å². The standard InChI is InChI=1S/C12H9ClN4O2S/c13-8-3-1-7(2-4-8)11-9(5-10(18)19)20-12-15-14-6-17(12)16-11/h1-4,6,9H,5H2,(H,18,19)/p-1/t9-/m0/s1. The van der Waals surface area contributed by atoms with E-state index in [4.69, 9.17) is 11.6 Å². The molecule has 1 aliphatic heterocycles. The number of carbonyl (C=O) groups excluding carboxylic acids is 1. The third-order valence-electron chi connectivity index (χ3n) is 2.76. The van der Waals surface area contributed by atoms with Crippen LogP contribution < -0.4 is 5.11 Å². The molecule has 0 amide bonds. The van der Waals surface area contributed by atoms with Crippen molar-refractivity contribution in [3.63, 3.8) is 0 Å². The average molecular weight is 308 g/mol. The van der Waals surface area contributed by atoms with Gasteiger partial charge in [-0.3, -0.25) is 0 Å². The Kier molecular flexibility index (Phi) is 3.45. The highest BCUT2D eigenvalue weighted by Crippen LogP contribution is 2.31. The lowest BCUT2D eigenvalue weighted by Gasteiger charge is -2.22. The van der Waals surface area contributed by atoms with E-state index in [1.54, 1.807) is 24.3 Å². The second kappa shape index (κ2) is 5.26. The summed E-state index contributed by atoms with van der Waals surface area (Å²) in [5.41, 5.74) is 1.45. The van der Waals surface area contributed by atoms with E-state index in [0.29, 0.717) is 15.9 Å². The van der Waals surface area contributed by atoms with Crippen LogP contribution in [0, 0.1) is 0 Å². The van der Waals surface area contributed by atoms with Gasteiger partial charge in [0.15, 0.2) is 0 Å². The number of halogens is 1. The van der Waals surface area contributed by atoms with Gasteiger partial charge in [-0.15, -0.1) is 10.2 Å². The normalized spacial score (nSPS) is 17.4. The maximum absolute atomic E-state index is 10.9. The first kappa shape index (κ1) is 13.1. The fourth-order valence-electron chi connectivity index (χ4n) is 1.88. The number of carboxylic acids is 1. The summed E-state index contributed by atoms with van der Waals surface area (Å²) in [7, 11) is 0. The predicted octanol–water partition coefficient (Wildman–Crippen LogP) is 0.798. The van der Waals surface area contributed by atoms with E-state index in [0.717, 1.165) is 5.56 Å². The summed E-state index contributed by atoms with van der Waals surface area (Å²) in [4.78, 5) is 10.9. The van der Waals surface area contributed by atoms with Crippen LogP contribution in [-0.2, 0) is 4.79 Å². The third-order valence-corrected chi connectivity index (χ3v) is 4.17. The van der Waals surface area contributed by atoms with Gasteiger partial charge in [-0.05, 0) is 17.7 Å². The topological polar surface area (TPSA) is 83.2 Å². The fourth-order valence-corrected chi connectivity index (χ4v) is 3.07. The molecule has 2 aromatic rings. The van der Waals surface area contributed by atoms with Gasteiger partial charge >= 0.3 is 0 Å². The monoisotopic (exact) mass is 307 g/mol. The minimum atomic E-state index is -1.13. The molecule has 8 heteroatoms. The lowest BCUT2D eigenvalue weighted by molar-refractivity contribution is -0.305. The molecule has 0 radical (unpaired) electrons. The number of carbonyl (C=O) groups is 1. The van der Waals surface area contributed by atoms with E-state index in [9.17, 15) is 9.90 Å². The Morgan fingerprint density at radius 2 is 2.15 bits per heavy atom. The molecule has 1 atom stereocenters. The zero-order valence-electron chi connectivity index (χ0n) is 10.1. The molecule has 0 saturated carbocycles. The van der Waals surface area contributed by atoms with Gasteiger partial charge in [0.25, 0.3) is 0 Å². The molecule has 0 saturated heterocycles. The maximum Gasteiger partial charge on any atom is 0.212 e. The summed E-state index contributed by atoms with van der Waals surface area (Å²) < 4.78 is 1.53. The van der Waals surface area contributed by atoms with E-state index < -0.39 is 5.97 Å². The van der Waals surface area contributed by atoms with Crippen molar-refractivity contribution < 1.29 is 9.90 Å². The van der Waals surface area contributed by atoms with Crippen LogP contribution in [0.3, 0.4) is 0 Å². The molecular formula is C12H8ClN4O2S-. The lowest BCUT2D eigenvalue weighted by Crippen LogP contribution is -2.32. The largest absolute Gasteiger partial charge is 0.550 e. The van der Waals surface area contributed by atoms with Crippen LogP contribution in [0.2, 0.25) is 5.02 Å². The number of hydrogen-bond acceptors (Lipinski definition) is 6. The van der Waals surface area contributed by atoms with Gasteiger partial charge < -0.3 is 9.90 Å². The number of aliphatic carboxylic acids is 1. The van der Waals surface area contributed by atoms with E-state index in [1.807, 2.05) is 0 Å². The summed E-state index contributed by atoms with van der Waals surface area (Å²) in [5.74, 6) is -1.13. The molecule has 0 fully saturated rings. The van der Waals surface area contributed by atoms with Crippen LogP contribution in [0.4, 0.5) is 0 Å². The first-order chi connectivity index (χ1) is 9.63. The van der Waals surface area contributed by atoms with Gasteiger partial charge in [0, 0.05) is 17.4 Å². The van der Waals surface area contributed by atoms with Crippen molar-refractivity contribution in [3.8, 4) is 0 Å². The van der Waals surface area contributed by atoms with Crippen LogP contribution in [0.1, 0.15) is 12.0 Å². The molecule has 1 aromatic carbocycles. The zero-order valence-corrected chi connectivity index (χ0v) is 11.6. The molecule has 1 aliphatic rings. The summed E-state index contributed by atoms with van der Waals surface area (Å²) in [6, 6.07) is 7.09. The lowest BCUT2D eigenvalue weighted by atomic mass is 10.1. The Bertz CT molecular complexity index is 683. The summed E-state index contributed by atoms with van der Waals surface area (Å²) >= 11 is 7.16. The van der Waals surface area contributed by atoms with E-state index in [-0.39, 0.29) is 11.7 Å². The molecule has 0 unspecified atom stereocenters. The van der Waals surface area contributed by atoms with Gasteiger partial charge in [-0.2, -0.15) is 9.78 Å². The SMILES string of the molecule is O=C([O-])C[C@@H]1Sc2nncn2N=C1c1ccc(Cl)cc1. The molecule has 0 bridgehead atoms. The van der Waals surface area contributed by atoms with Gasteiger partial charge in [-0.1, -0.05) is 35.5 Å². The first-order valence-corrected chi connectivity index (χ1v) is 7.00. The van der Waals surface area contributed by atoms with Crippen LogP contribution in [0.5, 0.6) is 0 Å². The predicted molar refractivity (Wildman–Crippen MR) is 72.7 cm³/mol. The highest BCUT2D eigenvalue weighted by molar-refractivity contribution is 8.00. The van der Waals surface area contributed by atoms with Crippen LogP contribution >= 0.6 is 23.4 Å². The number of aromatic nitrogens is 3. The molecule has 20 heavy (non-hydrogen) atoms. The number of thioether (sulfide) groups is 1. The minimum Gasteiger partial charge on any atom is -0.550 e. The zero-order chi connectivity index (χ0) is 14.1. The van der Waals surface area contributed by atoms with Gasteiger partial charge in [0.2, 0.25) is 5.16 Å². The Labute approximate surface area is 123 Å². The molecular weight excluding hydrogens is 300 g/mol. The molecule has 0 aliphatic carbocycles. The average Bonchev–Trinajstić information content (AvgIpc) is 2.85. The Morgan fingerprint density at radius 1 is 1.40 bits per heavy atom. The van der Waals surface area contributed by atoms with Gasteiger partial charge in [-0.25, -0.2) is 0 Å². The summed E-state index contributed by atoms with van der Waals surface area (Å²) in [5, 5.41) is 23.8. The summed E-state index contributed by atoms with van der Waals surface area (Å²) in [6.07, 6.45) is 1.34. The number of hydrogen-bond donors (Lipinski definition) is 0. The van der Waals surface area contributed by atoms with Gasteiger partial charge in [0.05, 0.1) is 11.0 Å². The molecule has 102 valence electrons. The maximum atomic E-state index is 10.9. The molecule has 0 N–H and O–H groups in total. The van der Waals surface area contributed by atoms with Crippen LogP contribution in [0.15, 0.2) is 40.9 Å². The number of rotatable bonds is 3. The number of fused-ring (bicyclic) bond motifs is 1. The second-order valence-corrected chi connectivity index (χ2v) is 5.74. The third kappa shape index (κ3) is 2.54. The number of nitrogens with zero attached hydrogens (tertiary/aromatic N) is 4. The van der Waals surface area contributed by atoms with Crippen molar-refractivity contribution in [2.24, 2.45) is 5.10 Å². The highest BCUT2D eigenvalue weighted by Gasteiger charge is 2.26. The van der Waals surface area contributed by atoms with E-state index >= 15 is 0 Å². The quantitative estimate of drug-likeness (QED) is 0.837. The van der Waals surface area contributed by atoms with E-state index in [2.05, 4.69) is 15.3 Å². The fraction of sp³-hybridized carbons (Fsp3) is 0.167. The van der Waals surface area contributed by atoms with Crippen molar-refractivity contribution in [3.05, 3.63) is 41.2 Å². The molecule has 2 heterocycles. The summed E-state index contributed by atoms with van der Waals surface area (Å²) in [6.45, 7) is 0. The Hall–Kier alpha value is -1.86. The molecule has 0 spiro atoms. The Balaban J connectivity index is 2.03. The van der Waals surface area contributed by atoms with E-state index in [1.165, 1.54) is 22.8 Å². The number of benzene rings is 1.